The van der Waals surface area contributed by atoms with Gasteiger partial charge in [0, 0.05) is 11.8 Å². The predicted molar refractivity (Wildman–Crippen MR) is 45.9 cm³/mol. The Kier molecular flexibility index (Phi) is 1.63. The van der Waals surface area contributed by atoms with Gasteiger partial charge in [-0.05, 0) is 5.56 Å². The number of benzene rings is 1. The molecule has 0 radical (unpaired) electrons. The van der Waals surface area contributed by atoms with Crippen molar-refractivity contribution in [3.63, 3.8) is 0 Å². The zero-order chi connectivity index (χ0) is 8.39. The van der Waals surface area contributed by atoms with Crippen molar-refractivity contribution in [2.75, 3.05) is 0 Å². The maximum absolute atomic E-state index is 10.3. The van der Waals surface area contributed by atoms with Gasteiger partial charge in [0.15, 0.2) is 0 Å². The highest BCUT2D eigenvalue weighted by molar-refractivity contribution is 5.83. The first kappa shape index (κ1) is 7.03. The standard InChI is InChI=1S/C9H8N2O/c12-5-4-7-2-1-3-8-6-10-11-9(7)8/h1-3,5-6H,4H2,(H,10,11). The number of nitrogens with one attached hydrogen (secondary N) is 1. The van der Waals surface area contributed by atoms with E-state index in [1.165, 1.54) is 0 Å². The molecule has 60 valence electrons. The molecule has 0 atom stereocenters. The lowest BCUT2D eigenvalue weighted by Crippen LogP contribution is -1.86. The highest BCUT2D eigenvalue weighted by Crippen LogP contribution is 2.14. The maximum Gasteiger partial charge on any atom is 0.124 e. The summed E-state index contributed by atoms with van der Waals surface area (Å²) in [7, 11) is 0. The molecule has 0 aliphatic rings. The van der Waals surface area contributed by atoms with Gasteiger partial charge in [0.2, 0.25) is 0 Å². The molecule has 3 nitrogen and oxygen atoms in total. The summed E-state index contributed by atoms with van der Waals surface area (Å²) >= 11 is 0. The van der Waals surface area contributed by atoms with Crippen LogP contribution in [-0.2, 0) is 11.2 Å². The van der Waals surface area contributed by atoms with E-state index in [1.54, 1.807) is 6.20 Å². The van der Waals surface area contributed by atoms with Crippen molar-refractivity contribution in [3.05, 3.63) is 30.0 Å². The molecule has 1 heterocycles. The van der Waals surface area contributed by atoms with Crippen LogP contribution in [-0.4, -0.2) is 16.5 Å². The highest BCUT2D eigenvalue weighted by atomic mass is 16.1. The normalized spacial score (nSPS) is 10.3. The molecule has 0 bridgehead atoms. The first-order chi connectivity index (χ1) is 5.92. The van der Waals surface area contributed by atoms with E-state index in [0.29, 0.717) is 6.42 Å². The molecule has 0 fully saturated rings. The number of aromatic nitrogens is 2. The van der Waals surface area contributed by atoms with Gasteiger partial charge in [-0.3, -0.25) is 5.10 Å². The van der Waals surface area contributed by atoms with E-state index in [0.717, 1.165) is 22.8 Å². The van der Waals surface area contributed by atoms with Gasteiger partial charge in [-0.2, -0.15) is 5.10 Å². The van der Waals surface area contributed by atoms with Crippen molar-refractivity contribution in [2.45, 2.75) is 6.42 Å². The largest absolute Gasteiger partial charge is 0.303 e. The SMILES string of the molecule is O=CCc1cccc2cn[nH]c12. The molecule has 0 spiro atoms. The summed E-state index contributed by atoms with van der Waals surface area (Å²) < 4.78 is 0. The Hall–Kier alpha value is -1.64. The van der Waals surface area contributed by atoms with Crippen LogP contribution >= 0.6 is 0 Å². The molecule has 1 aromatic carbocycles. The molecule has 2 rings (SSSR count). The van der Waals surface area contributed by atoms with Crippen molar-refractivity contribution in [2.24, 2.45) is 0 Å². The van der Waals surface area contributed by atoms with Crippen molar-refractivity contribution in [1.82, 2.24) is 10.2 Å². The summed E-state index contributed by atoms with van der Waals surface area (Å²) in [5.41, 5.74) is 1.96. The number of carbonyl (C=O) groups is 1. The molecule has 0 aliphatic carbocycles. The molecule has 1 N–H and O–H groups in total. The zero-order valence-corrected chi connectivity index (χ0v) is 6.45. The third-order valence-corrected chi connectivity index (χ3v) is 1.87. The first-order valence-electron chi connectivity index (χ1n) is 3.76. The second-order valence-corrected chi connectivity index (χ2v) is 2.62. The fourth-order valence-corrected chi connectivity index (χ4v) is 1.29. The van der Waals surface area contributed by atoms with Crippen LogP contribution in [0.3, 0.4) is 0 Å². The molecule has 0 unspecified atom stereocenters. The van der Waals surface area contributed by atoms with Crippen molar-refractivity contribution in [1.29, 1.82) is 0 Å². The summed E-state index contributed by atoms with van der Waals surface area (Å²) in [6, 6.07) is 5.82. The Morgan fingerprint density at radius 3 is 3.25 bits per heavy atom. The van der Waals surface area contributed by atoms with Crippen molar-refractivity contribution >= 4 is 17.2 Å². The predicted octanol–water partition coefficient (Wildman–Crippen LogP) is 1.30. The summed E-state index contributed by atoms with van der Waals surface area (Å²) in [4.78, 5) is 10.3. The third-order valence-electron chi connectivity index (χ3n) is 1.87. The first-order valence-corrected chi connectivity index (χ1v) is 3.76. The topological polar surface area (TPSA) is 45.8 Å². The number of H-pyrrole nitrogens is 1. The summed E-state index contributed by atoms with van der Waals surface area (Å²) in [5.74, 6) is 0. The second kappa shape index (κ2) is 2.77. The number of para-hydroxylation sites is 1. The molecular formula is C9H8N2O. The van der Waals surface area contributed by atoms with Crippen LogP contribution in [0.15, 0.2) is 24.4 Å². The second-order valence-electron chi connectivity index (χ2n) is 2.62. The molecule has 12 heavy (non-hydrogen) atoms. The fourth-order valence-electron chi connectivity index (χ4n) is 1.29. The Morgan fingerprint density at radius 2 is 2.42 bits per heavy atom. The van der Waals surface area contributed by atoms with E-state index in [9.17, 15) is 4.79 Å². The zero-order valence-electron chi connectivity index (χ0n) is 6.45. The Labute approximate surface area is 69.4 Å². The van der Waals surface area contributed by atoms with Gasteiger partial charge >= 0.3 is 0 Å². The number of carbonyl (C=O) groups excluding carboxylic acids is 1. The maximum atomic E-state index is 10.3. The average molecular weight is 160 g/mol. The quantitative estimate of drug-likeness (QED) is 0.673. The fraction of sp³-hybridized carbons (Fsp3) is 0.111. The Balaban J connectivity index is 2.65. The molecule has 0 aliphatic heterocycles. The summed E-state index contributed by atoms with van der Waals surface area (Å²) in [6.45, 7) is 0. The monoisotopic (exact) mass is 160 g/mol. The lowest BCUT2D eigenvalue weighted by molar-refractivity contribution is -0.107. The van der Waals surface area contributed by atoms with Crippen LogP contribution in [0.1, 0.15) is 5.56 Å². The Bertz CT molecular complexity index is 406. The van der Waals surface area contributed by atoms with Gasteiger partial charge < -0.3 is 4.79 Å². The van der Waals surface area contributed by atoms with Gasteiger partial charge in [0.05, 0.1) is 11.7 Å². The minimum atomic E-state index is 0.444. The lowest BCUT2D eigenvalue weighted by Gasteiger charge is -1.95. The van der Waals surface area contributed by atoms with E-state index < -0.39 is 0 Å². The third kappa shape index (κ3) is 0.993. The van der Waals surface area contributed by atoms with Crippen LogP contribution < -0.4 is 0 Å². The van der Waals surface area contributed by atoms with Crippen LogP contribution in [0, 0.1) is 0 Å². The molecule has 2 aromatic rings. The van der Waals surface area contributed by atoms with E-state index in [2.05, 4.69) is 10.2 Å². The average Bonchev–Trinajstić information content (AvgIpc) is 2.53. The van der Waals surface area contributed by atoms with Gasteiger partial charge in [-0.1, -0.05) is 18.2 Å². The lowest BCUT2D eigenvalue weighted by atomic mass is 10.1. The number of hydrogen-bond acceptors (Lipinski definition) is 2. The minimum Gasteiger partial charge on any atom is -0.303 e. The van der Waals surface area contributed by atoms with E-state index in [4.69, 9.17) is 0 Å². The molecule has 0 saturated carbocycles. The van der Waals surface area contributed by atoms with Crippen molar-refractivity contribution < 1.29 is 4.79 Å². The van der Waals surface area contributed by atoms with Crippen LogP contribution in [0.5, 0.6) is 0 Å². The number of aromatic amines is 1. The van der Waals surface area contributed by atoms with E-state index in [1.807, 2.05) is 18.2 Å². The van der Waals surface area contributed by atoms with Crippen LogP contribution in [0.2, 0.25) is 0 Å². The van der Waals surface area contributed by atoms with Gasteiger partial charge in [0.25, 0.3) is 0 Å². The van der Waals surface area contributed by atoms with Gasteiger partial charge in [-0.25, -0.2) is 0 Å². The number of nitrogens with zero attached hydrogens (tertiary/aromatic N) is 1. The van der Waals surface area contributed by atoms with Crippen LogP contribution in [0.25, 0.3) is 10.9 Å². The van der Waals surface area contributed by atoms with Crippen LogP contribution in [0.4, 0.5) is 0 Å². The minimum absolute atomic E-state index is 0.444. The molecule has 1 aromatic heterocycles. The van der Waals surface area contributed by atoms with Gasteiger partial charge in [-0.15, -0.1) is 0 Å². The summed E-state index contributed by atoms with van der Waals surface area (Å²) in [6.07, 6.45) is 3.10. The number of fused-ring (bicyclic) bond motifs is 1. The molecule has 0 saturated heterocycles. The number of hydrogen-bond donors (Lipinski definition) is 1. The molecule has 3 heteroatoms. The van der Waals surface area contributed by atoms with Crippen molar-refractivity contribution in [3.8, 4) is 0 Å². The number of rotatable bonds is 2. The van der Waals surface area contributed by atoms with Gasteiger partial charge in [0.1, 0.15) is 6.29 Å². The van der Waals surface area contributed by atoms with E-state index >= 15 is 0 Å². The highest BCUT2D eigenvalue weighted by Gasteiger charge is 2.00. The molecular weight excluding hydrogens is 152 g/mol. The van der Waals surface area contributed by atoms with E-state index in [-0.39, 0.29) is 0 Å². The Morgan fingerprint density at radius 1 is 1.50 bits per heavy atom. The smallest absolute Gasteiger partial charge is 0.124 e. The number of aldehydes is 1. The molecule has 0 amide bonds. The summed E-state index contributed by atoms with van der Waals surface area (Å²) in [5, 5.41) is 7.82.